The summed E-state index contributed by atoms with van der Waals surface area (Å²) >= 11 is 0. The van der Waals surface area contributed by atoms with Gasteiger partial charge in [0.1, 0.15) is 11.4 Å². The lowest BCUT2D eigenvalue weighted by Gasteiger charge is -2.27. The number of ether oxygens (including phenoxy) is 3. The third kappa shape index (κ3) is 6.41. The van der Waals surface area contributed by atoms with Crippen LogP contribution in [-0.4, -0.2) is 19.0 Å². The Morgan fingerprint density at radius 1 is 1.00 bits per heavy atom. The van der Waals surface area contributed by atoms with Crippen molar-refractivity contribution in [3.05, 3.63) is 78.1 Å². The van der Waals surface area contributed by atoms with E-state index < -0.39 is 0 Å². The van der Waals surface area contributed by atoms with Crippen molar-refractivity contribution in [3.8, 4) is 5.75 Å². The Morgan fingerprint density at radius 2 is 1.62 bits per heavy atom. The van der Waals surface area contributed by atoms with Gasteiger partial charge in [-0.25, -0.2) is 0 Å². The van der Waals surface area contributed by atoms with Gasteiger partial charge >= 0.3 is 0 Å². The molecule has 3 nitrogen and oxygen atoms in total. The van der Waals surface area contributed by atoms with Gasteiger partial charge in [0.25, 0.3) is 0 Å². The van der Waals surface area contributed by atoms with Crippen molar-refractivity contribution in [2.24, 2.45) is 0 Å². The molecule has 0 aliphatic heterocycles. The average Bonchev–Trinajstić information content (AvgIpc) is 2.63. The van der Waals surface area contributed by atoms with Crippen LogP contribution in [0.15, 0.2) is 61.4 Å². The van der Waals surface area contributed by atoms with E-state index in [1.54, 1.807) is 13.4 Å². The molecule has 138 valence electrons. The summed E-state index contributed by atoms with van der Waals surface area (Å²) in [5.74, 6) is 0.865. The first-order valence-corrected chi connectivity index (χ1v) is 8.77. The second kappa shape index (κ2) is 9.25. The Hall–Kier alpha value is -2.52. The quantitative estimate of drug-likeness (QED) is 0.427. The molecule has 3 heteroatoms. The molecule has 1 unspecified atom stereocenters. The number of methoxy groups -OCH3 is 1. The maximum Gasteiger partial charge on any atom is 0.195 e. The molecular weight excluding hydrogens is 324 g/mol. The fraction of sp³-hybridized carbons (Fsp3) is 0.304. The van der Waals surface area contributed by atoms with Gasteiger partial charge in [-0.2, -0.15) is 0 Å². The van der Waals surface area contributed by atoms with E-state index in [-0.39, 0.29) is 11.9 Å². The van der Waals surface area contributed by atoms with Crippen molar-refractivity contribution in [1.29, 1.82) is 0 Å². The third-order valence-corrected chi connectivity index (χ3v) is 3.98. The first kappa shape index (κ1) is 19.8. The number of hydrogen-bond donors (Lipinski definition) is 0. The van der Waals surface area contributed by atoms with E-state index in [4.69, 9.17) is 14.2 Å². The fourth-order valence-corrected chi connectivity index (χ4v) is 2.55. The topological polar surface area (TPSA) is 27.7 Å². The van der Waals surface area contributed by atoms with Crippen molar-refractivity contribution < 1.29 is 14.2 Å². The molecule has 2 rings (SSSR count). The predicted octanol–water partition coefficient (Wildman–Crippen LogP) is 5.71. The Bertz CT molecular complexity index is 712. The van der Waals surface area contributed by atoms with E-state index in [1.165, 1.54) is 5.56 Å². The summed E-state index contributed by atoms with van der Waals surface area (Å²) in [6, 6.07) is 16.3. The zero-order valence-corrected chi connectivity index (χ0v) is 16.1. The van der Waals surface area contributed by atoms with Crippen molar-refractivity contribution in [3.63, 3.8) is 0 Å². The minimum Gasteiger partial charge on any atom is -0.488 e. The van der Waals surface area contributed by atoms with Crippen molar-refractivity contribution in [2.75, 3.05) is 7.11 Å². The molecule has 0 aliphatic carbocycles. The van der Waals surface area contributed by atoms with Crippen molar-refractivity contribution in [1.82, 2.24) is 0 Å². The molecule has 0 aliphatic rings. The van der Waals surface area contributed by atoms with Gasteiger partial charge in [0, 0.05) is 13.5 Å². The predicted molar refractivity (Wildman–Crippen MR) is 108 cm³/mol. The number of rotatable bonds is 9. The van der Waals surface area contributed by atoms with Gasteiger partial charge in [-0.3, -0.25) is 0 Å². The molecule has 1 atom stereocenters. The van der Waals surface area contributed by atoms with Crippen LogP contribution in [0.3, 0.4) is 0 Å². The standard InChI is InChI=1S/C23H28O3/c1-6-19-11-13-22(14-12-19)26-23(3,4)17-21-9-7-20(8-10-21)15-16-25-18(2)24-5/h6-16,18H,1,17H2,2-5H3. The van der Waals surface area contributed by atoms with Crippen LogP contribution < -0.4 is 4.74 Å². The zero-order chi connectivity index (χ0) is 19.0. The Morgan fingerprint density at radius 3 is 2.19 bits per heavy atom. The second-order valence-electron chi connectivity index (χ2n) is 6.80. The lowest BCUT2D eigenvalue weighted by atomic mass is 9.97. The van der Waals surface area contributed by atoms with Crippen LogP contribution in [0.4, 0.5) is 0 Å². The molecule has 0 radical (unpaired) electrons. The zero-order valence-electron chi connectivity index (χ0n) is 16.1. The molecule has 0 fully saturated rings. The van der Waals surface area contributed by atoms with Crippen LogP contribution in [-0.2, 0) is 15.9 Å². The monoisotopic (exact) mass is 352 g/mol. The van der Waals surface area contributed by atoms with E-state index >= 15 is 0 Å². The van der Waals surface area contributed by atoms with Gasteiger partial charge in [-0.05, 0) is 55.7 Å². The van der Waals surface area contributed by atoms with Crippen LogP contribution in [0.25, 0.3) is 12.2 Å². The highest BCUT2D eigenvalue weighted by atomic mass is 16.7. The van der Waals surface area contributed by atoms with Crippen molar-refractivity contribution >= 4 is 12.2 Å². The summed E-state index contributed by atoms with van der Waals surface area (Å²) in [6.07, 6.45) is 5.97. The Kier molecular flexibility index (Phi) is 7.05. The van der Waals surface area contributed by atoms with Gasteiger partial charge in [0.15, 0.2) is 6.29 Å². The van der Waals surface area contributed by atoms with Gasteiger partial charge < -0.3 is 14.2 Å². The van der Waals surface area contributed by atoms with E-state index in [9.17, 15) is 0 Å². The fourth-order valence-electron chi connectivity index (χ4n) is 2.55. The highest BCUT2D eigenvalue weighted by Crippen LogP contribution is 2.23. The molecule has 0 amide bonds. The minimum atomic E-state index is -0.302. The first-order chi connectivity index (χ1) is 12.4. The Labute approximate surface area is 156 Å². The molecule has 26 heavy (non-hydrogen) atoms. The first-order valence-electron chi connectivity index (χ1n) is 8.77. The van der Waals surface area contributed by atoms with E-state index in [0.29, 0.717) is 0 Å². The molecule has 2 aromatic rings. The molecule has 0 N–H and O–H groups in total. The van der Waals surface area contributed by atoms with Crippen LogP contribution in [0.2, 0.25) is 0 Å². The maximum atomic E-state index is 6.16. The SMILES string of the molecule is C=Cc1ccc(OC(C)(C)Cc2ccc(C=COC(C)OC)cc2)cc1. The molecule has 2 aromatic carbocycles. The summed E-state index contributed by atoms with van der Waals surface area (Å²) in [5.41, 5.74) is 3.09. The van der Waals surface area contributed by atoms with Gasteiger partial charge in [0.05, 0.1) is 6.26 Å². The average molecular weight is 352 g/mol. The normalized spacial score (nSPS) is 12.8. The summed E-state index contributed by atoms with van der Waals surface area (Å²) < 4.78 is 16.5. The van der Waals surface area contributed by atoms with Crippen LogP contribution >= 0.6 is 0 Å². The number of benzene rings is 2. The van der Waals surface area contributed by atoms with Gasteiger partial charge in [0.2, 0.25) is 0 Å². The molecule has 0 bridgehead atoms. The summed E-state index contributed by atoms with van der Waals surface area (Å²) in [7, 11) is 1.62. The third-order valence-electron chi connectivity index (χ3n) is 3.98. The molecular formula is C23H28O3. The van der Waals surface area contributed by atoms with Gasteiger partial charge in [-0.1, -0.05) is 49.1 Å². The summed E-state index contributed by atoms with van der Waals surface area (Å²) in [5, 5.41) is 0. The lowest BCUT2D eigenvalue weighted by molar-refractivity contribution is -0.0670. The smallest absolute Gasteiger partial charge is 0.195 e. The molecule has 0 saturated carbocycles. The van der Waals surface area contributed by atoms with Crippen LogP contribution in [0, 0.1) is 0 Å². The van der Waals surface area contributed by atoms with E-state index in [1.807, 2.05) is 43.3 Å². The second-order valence-corrected chi connectivity index (χ2v) is 6.80. The summed E-state index contributed by atoms with van der Waals surface area (Å²) in [6.45, 7) is 9.82. The minimum absolute atomic E-state index is 0.246. The number of hydrogen-bond acceptors (Lipinski definition) is 3. The summed E-state index contributed by atoms with van der Waals surface area (Å²) in [4.78, 5) is 0. The maximum absolute atomic E-state index is 6.16. The highest BCUT2D eigenvalue weighted by molar-refractivity contribution is 5.49. The molecule has 0 aromatic heterocycles. The largest absolute Gasteiger partial charge is 0.488 e. The van der Waals surface area contributed by atoms with E-state index in [0.717, 1.165) is 23.3 Å². The molecule has 0 heterocycles. The van der Waals surface area contributed by atoms with Crippen molar-refractivity contribution in [2.45, 2.75) is 39.1 Å². The molecule has 0 spiro atoms. The van der Waals surface area contributed by atoms with Crippen LogP contribution in [0.5, 0.6) is 5.75 Å². The Balaban J connectivity index is 1.94. The van der Waals surface area contributed by atoms with Crippen LogP contribution in [0.1, 0.15) is 37.5 Å². The lowest BCUT2D eigenvalue weighted by Crippen LogP contribution is -2.30. The highest BCUT2D eigenvalue weighted by Gasteiger charge is 2.20. The molecule has 0 saturated heterocycles. The van der Waals surface area contributed by atoms with Gasteiger partial charge in [-0.15, -0.1) is 0 Å². The van der Waals surface area contributed by atoms with E-state index in [2.05, 4.69) is 44.7 Å².